The molecule has 2 N–H and O–H groups in total. The minimum Gasteiger partial charge on any atom is -0.359 e. The van der Waals surface area contributed by atoms with Crippen molar-refractivity contribution in [3.63, 3.8) is 0 Å². The third-order valence-corrected chi connectivity index (χ3v) is 3.76. The molecule has 1 saturated heterocycles. The van der Waals surface area contributed by atoms with Gasteiger partial charge in [-0.2, -0.15) is 0 Å². The highest BCUT2D eigenvalue weighted by molar-refractivity contribution is 5.88. The summed E-state index contributed by atoms with van der Waals surface area (Å²) in [5.74, 6) is -0.181. The number of benzene rings is 1. The van der Waals surface area contributed by atoms with Gasteiger partial charge in [-0.05, 0) is 12.5 Å². The van der Waals surface area contributed by atoms with Crippen molar-refractivity contribution in [3.8, 4) is 0 Å². The number of hydrogen-bond acceptors (Lipinski definition) is 3. The standard InChI is InChI=1S/C17H23N3O2/c1-13(10-14-6-4-3-5-7-14)12-20-9-8-19-17(22)15(20)11-16(21)18-2/h3-7,10,15H,8-9,11-12H2,1-2H3,(H,18,21)(H,19,22). The SMILES string of the molecule is CNC(=O)CC1C(=O)NCCN1CC(C)=Cc1ccccc1. The molecule has 1 atom stereocenters. The van der Waals surface area contributed by atoms with Gasteiger partial charge in [0.2, 0.25) is 11.8 Å². The lowest BCUT2D eigenvalue weighted by molar-refractivity contribution is -0.133. The molecule has 5 heteroatoms. The van der Waals surface area contributed by atoms with Crippen LogP contribution in [0.1, 0.15) is 18.9 Å². The summed E-state index contributed by atoms with van der Waals surface area (Å²) in [7, 11) is 1.59. The molecule has 1 fully saturated rings. The van der Waals surface area contributed by atoms with Gasteiger partial charge in [0, 0.05) is 26.7 Å². The summed E-state index contributed by atoms with van der Waals surface area (Å²) in [6.45, 7) is 4.12. The highest BCUT2D eigenvalue weighted by Gasteiger charge is 2.31. The molecule has 5 nitrogen and oxygen atoms in total. The zero-order chi connectivity index (χ0) is 15.9. The normalized spacial score (nSPS) is 19.6. The van der Waals surface area contributed by atoms with Gasteiger partial charge in [-0.15, -0.1) is 0 Å². The molecule has 0 saturated carbocycles. The zero-order valence-corrected chi connectivity index (χ0v) is 13.1. The molecule has 2 rings (SSSR count). The van der Waals surface area contributed by atoms with Crippen LogP contribution in [-0.4, -0.2) is 49.4 Å². The molecule has 1 aromatic carbocycles. The molecule has 22 heavy (non-hydrogen) atoms. The molecule has 0 bridgehead atoms. The second-order valence-corrected chi connectivity index (χ2v) is 5.56. The molecule has 0 aliphatic carbocycles. The first-order chi connectivity index (χ1) is 10.6. The van der Waals surface area contributed by atoms with Gasteiger partial charge in [0.05, 0.1) is 12.5 Å². The fourth-order valence-electron chi connectivity index (χ4n) is 2.65. The minimum atomic E-state index is -0.396. The summed E-state index contributed by atoms with van der Waals surface area (Å²) in [5.41, 5.74) is 2.31. The van der Waals surface area contributed by atoms with Gasteiger partial charge in [-0.25, -0.2) is 0 Å². The molecular weight excluding hydrogens is 278 g/mol. The highest BCUT2D eigenvalue weighted by atomic mass is 16.2. The Bertz CT molecular complexity index is 554. The van der Waals surface area contributed by atoms with Gasteiger partial charge >= 0.3 is 0 Å². The van der Waals surface area contributed by atoms with Gasteiger partial charge in [-0.1, -0.05) is 42.0 Å². The van der Waals surface area contributed by atoms with E-state index in [-0.39, 0.29) is 18.2 Å². The summed E-state index contributed by atoms with van der Waals surface area (Å²) in [4.78, 5) is 25.7. The van der Waals surface area contributed by atoms with Crippen LogP contribution in [0.3, 0.4) is 0 Å². The van der Waals surface area contributed by atoms with Crippen molar-refractivity contribution >= 4 is 17.9 Å². The number of carbonyl (C=O) groups is 2. The molecule has 2 amide bonds. The maximum absolute atomic E-state index is 12.0. The summed E-state index contributed by atoms with van der Waals surface area (Å²) in [5, 5.41) is 5.42. The van der Waals surface area contributed by atoms with Crippen LogP contribution >= 0.6 is 0 Å². The Balaban J connectivity index is 2.06. The van der Waals surface area contributed by atoms with Crippen LogP contribution < -0.4 is 10.6 Å². The van der Waals surface area contributed by atoms with E-state index in [4.69, 9.17) is 0 Å². The lowest BCUT2D eigenvalue weighted by Crippen LogP contribution is -2.56. The molecular formula is C17H23N3O2. The maximum Gasteiger partial charge on any atom is 0.237 e. The van der Waals surface area contributed by atoms with Crippen molar-refractivity contribution in [1.82, 2.24) is 15.5 Å². The Labute approximate surface area is 131 Å². The monoisotopic (exact) mass is 301 g/mol. The van der Waals surface area contributed by atoms with E-state index in [1.165, 1.54) is 5.57 Å². The van der Waals surface area contributed by atoms with E-state index in [1.54, 1.807) is 7.05 Å². The lowest BCUT2D eigenvalue weighted by Gasteiger charge is -2.34. The summed E-state index contributed by atoms with van der Waals surface area (Å²) < 4.78 is 0. The number of carbonyl (C=O) groups excluding carboxylic acids is 2. The van der Waals surface area contributed by atoms with Crippen LogP contribution in [0.2, 0.25) is 0 Å². The van der Waals surface area contributed by atoms with Crippen molar-refractivity contribution < 1.29 is 9.59 Å². The molecule has 1 unspecified atom stereocenters. The van der Waals surface area contributed by atoms with E-state index in [2.05, 4.69) is 40.7 Å². The van der Waals surface area contributed by atoms with Gasteiger partial charge in [0.15, 0.2) is 0 Å². The van der Waals surface area contributed by atoms with Crippen molar-refractivity contribution in [2.75, 3.05) is 26.7 Å². The van der Waals surface area contributed by atoms with Gasteiger partial charge < -0.3 is 10.6 Å². The van der Waals surface area contributed by atoms with Crippen LogP contribution in [0, 0.1) is 0 Å². The van der Waals surface area contributed by atoms with Crippen molar-refractivity contribution in [1.29, 1.82) is 0 Å². The Kier molecular flexibility index (Phi) is 5.72. The number of piperazine rings is 1. The summed E-state index contributed by atoms with van der Waals surface area (Å²) in [6, 6.07) is 9.70. The molecule has 1 heterocycles. The first-order valence-corrected chi connectivity index (χ1v) is 7.54. The second-order valence-electron chi connectivity index (χ2n) is 5.56. The topological polar surface area (TPSA) is 61.4 Å². The van der Waals surface area contributed by atoms with Crippen LogP contribution in [0.15, 0.2) is 35.9 Å². The molecule has 1 aliphatic heterocycles. The van der Waals surface area contributed by atoms with Crippen LogP contribution in [-0.2, 0) is 9.59 Å². The van der Waals surface area contributed by atoms with E-state index in [9.17, 15) is 9.59 Å². The molecule has 0 radical (unpaired) electrons. The van der Waals surface area contributed by atoms with Crippen LogP contribution in [0.5, 0.6) is 0 Å². The van der Waals surface area contributed by atoms with Crippen LogP contribution in [0.4, 0.5) is 0 Å². The third kappa shape index (κ3) is 4.43. The molecule has 118 valence electrons. The van der Waals surface area contributed by atoms with Crippen LogP contribution in [0.25, 0.3) is 6.08 Å². The Hall–Kier alpha value is -2.14. The van der Waals surface area contributed by atoms with Gasteiger partial charge in [0.25, 0.3) is 0 Å². The quantitative estimate of drug-likeness (QED) is 0.854. The van der Waals surface area contributed by atoms with E-state index >= 15 is 0 Å². The fourth-order valence-corrected chi connectivity index (χ4v) is 2.65. The molecule has 1 aromatic rings. The Morgan fingerprint density at radius 1 is 1.41 bits per heavy atom. The van der Waals surface area contributed by atoms with Gasteiger partial charge in [-0.3, -0.25) is 14.5 Å². The minimum absolute atomic E-state index is 0.0673. The number of hydrogen-bond donors (Lipinski definition) is 2. The van der Waals surface area contributed by atoms with Gasteiger partial charge in [0.1, 0.15) is 0 Å². The van der Waals surface area contributed by atoms with E-state index in [1.807, 2.05) is 18.2 Å². The zero-order valence-electron chi connectivity index (χ0n) is 13.1. The first kappa shape index (κ1) is 16.2. The lowest BCUT2D eigenvalue weighted by atomic mass is 10.1. The second kappa shape index (κ2) is 7.75. The Morgan fingerprint density at radius 3 is 2.82 bits per heavy atom. The average Bonchev–Trinajstić information content (AvgIpc) is 2.51. The molecule has 0 spiro atoms. The summed E-state index contributed by atoms with van der Waals surface area (Å²) in [6.07, 6.45) is 2.31. The largest absolute Gasteiger partial charge is 0.359 e. The first-order valence-electron chi connectivity index (χ1n) is 7.54. The van der Waals surface area contributed by atoms with Crippen molar-refractivity contribution in [3.05, 3.63) is 41.5 Å². The predicted molar refractivity (Wildman–Crippen MR) is 87.1 cm³/mol. The number of nitrogens with zero attached hydrogens (tertiary/aromatic N) is 1. The summed E-state index contributed by atoms with van der Waals surface area (Å²) >= 11 is 0. The highest BCUT2D eigenvalue weighted by Crippen LogP contribution is 2.13. The Morgan fingerprint density at radius 2 is 2.14 bits per heavy atom. The fraction of sp³-hybridized carbons (Fsp3) is 0.412. The number of nitrogens with one attached hydrogen (secondary N) is 2. The smallest absolute Gasteiger partial charge is 0.237 e. The molecule has 0 aromatic heterocycles. The van der Waals surface area contributed by atoms with E-state index < -0.39 is 6.04 Å². The van der Waals surface area contributed by atoms with E-state index in [0.29, 0.717) is 13.1 Å². The third-order valence-electron chi connectivity index (χ3n) is 3.76. The maximum atomic E-state index is 12.0. The average molecular weight is 301 g/mol. The molecule has 1 aliphatic rings. The van der Waals surface area contributed by atoms with Crippen molar-refractivity contribution in [2.45, 2.75) is 19.4 Å². The number of rotatable bonds is 5. The van der Waals surface area contributed by atoms with Crippen molar-refractivity contribution in [2.24, 2.45) is 0 Å². The van der Waals surface area contributed by atoms with E-state index in [0.717, 1.165) is 12.1 Å². The predicted octanol–water partition coefficient (Wildman–Crippen LogP) is 1.03. The number of amides is 2.